The van der Waals surface area contributed by atoms with E-state index in [1.54, 1.807) is 15.9 Å². The van der Waals surface area contributed by atoms with Crippen LogP contribution in [0, 0.1) is 4.77 Å². The molecule has 1 aliphatic rings. The molecule has 8 heteroatoms. The van der Waals surface area contributed by atoms with Crippen molar-refractivity contribution in [3.05, 3.63) is 52.1 Å². The summed E-state index contributed by atoms with van der Waals surface area (Å²) in [6, 6.07) is 12.0. The number of hydrogen-bond acceptors (Lipinski definition) is 5. The van der Waals surface area contributed by atoms with Crippen LogP contribution in [0.15, 0.2) is 41.8 Å². The number of H-pyrrole nitrogens is 1. The average Bonchev–Trinajstić information content (AvgIpc) is 3.39. The first-order valence-electron chi connectivity index (χ1n) is 8.99. The number of carbonyl (C=O) groups is 1. The van der Waals surface area contributed by atoms with Gasteiger partial charge in [0.25, 0.3) is 0 Å². The smallest absolute Gasteiger partial charge is 0.244 e. The van der Waals surface area contributed by atoms with E-state index in [-0.39, 0.29) is 12.5 Å². The zero-order valence-electron chi connectivity index (χ0n) is 14.9. The van der Waals surface area contributed by atoms with Gasteiger partial charge in [0, 0.05) is 12.2 Å². The third kappa shape index (κ3) is 4.35. The summed E-state index contributed by atoms with van der Waals surface area (Å²) in [5.74, 6) is 0.566. The monoisotopic (exact) mass is 399 g/mol. The lowest BCUT2D eigenvalue weighted by atomic mass is 10.2. The number of aromatic amines is 1. The summed E-state index contributed by atoms with van der Waals surface area (Å²) in [4.78, 5) is 16.0. The van der Waals surface area contributed by atoms with Crippen LogP contribution in [0.1, 0.15) is 18.4 Å². The molecular weight excluding hydrogens is 378 g/mol. The number of carbonyl (C=O) groups excluding carboxylic acids is 1. The first-order valence-corrected chi connectivity index (χ1v) is 10.3. The minimum absolute atomic E-state index is 0.122. The summed E-state index contributed by atoms with van der Waals surface area (Å²) in [7, 11) is 0. The van der Waals surface area contributed by atoms with Gasteiger partial charge in [-0.2, -0.15) is 5.10 Å². The van der Waals surface area contributed by atoms with Gasteiger partial charge in [-0.05, 0) is 67.3 Å². The van der Waals surface area contributed by atoms with E-state index in [0.29, 0.717) is 10.6 Å². The number of aromatic nitrogens is 3. The van der Waals surface area contributed by atoms with Gasteiger partial charge in [0.05, 0.1) is 4.88 Å². The summed E-state index contributed by atoms with van der Waals surface area (Å²) in [6.45, 7) is 3.36. The molecule has 4 rings (SSSR count). The lowest BCUT2D eigenvalue weighted by molar-refractivity contribution is -0.116. The molecule has 0 unspecified atom stereocenters. The van der Waals surface area contributed by atoms with E-state index in [1.807, 2.05) is 35.7 Å². The van der Waals surface area contributed by atoms with Crippen LogP contribution in [0.2, 0.25) is 0 Å². The highest BCUT2D eigenvalue weighted by Crippen LogP contribution is 2.23. The number of rotatable bonds is 6. The van der Waals surface area contributed by atoms with Gasteiger partial charge in [0.1, 0.15) is 6.54 Å². The Balaban J connectivity index is 1.44. The van der Waals surface area contributed by atoms with E-state index >= 15 is 0 Å². The maximum Gasteiger partial charge on any atom is 0.244 e. The number of anilines is 1. The molecule has 3 heterocycles. The Bertz CT molecular complexity index is 970. The van der Waals surface area contributed by atoms with Crippen molar-refractivity contribution < 1.29 is 4.79 Å². The third-order valence-electron chi connectivity index (χ3n) is 4.62. The minimum Gasteiger partial charge on any atom is -0.325 e. The molecule has 0 atom stereocenters. The highest BCUT2D eigenvalue weighted by Gasteiger charge is 2.14. The molecule has 1 amide bonds. The minimum atomic E-state index is -0.122. The zero-order valence-corrected chi connectivity index (χ0v) is 16.5. The molecule has 1 aliphatic heterocycles. The molecule has 0 bridgehead atoms. The molecule has 2 N–H and O–H groups in total. The second-order valence-corrected chi connectivity index (χ2v) is 7.98. The van der Waals surface area contributed by atoms with E-state index in [2.05, 4.69) is 26.5 Å². The fourth-order valence-corrected chi connectivity index (χ4v) is 4.27. The molecule has 6 nitrogen and oxygen atoms in total. The van der Waals surface area contributed by atoms with Gasteiger partial charge < -0.3 is 5.32 Å². The molecule has 0 saturated carbocycles. The molecule has 140 valence electrons. The number of nitrogens with one attached hydrogen (secondary N) is 2. The molecule has 1 fully saturated rings. The van der Waals surface area contributed by atoms with E-state index < -0.39 is 0 Å². The molecule has 2 aromatic heterocycles. The van der Waals surface area contributed by atoms with Crippen molar-refractivity contribution in [2.24, 2.45) is 0 Å². The lowest BCUT2D eigenvalue weighted by Crippen LogP contribution is -2.20. The van der Waals surface area contributed by atoms with Crippen molar-refractivity contribution in [3.8, 4) is 10.7 Å². The lowest BCUT2D eigenvalue weighted by Gasteiger charge is -2.15. The second-order valence-electron chi connectivity index (χ2n) is 6.65. The van der Waals surface area contributed by atoms with Gasteiger partial charge in [0.15, 0.2) is 10.6 Å². The van der Waals surface area contributed by atoms with Crippen molar-refractivity contribution in [3.63, 3.8) is 0 Å². The third-order valence-corrected chi connectivity index (χ3v) is 5.79. The average molecular weight is 400 g/mol. The molecule has 3 aromatic rings. The van der Waals surface area contributed by atoms with Crippen molar-refractivity contribution in [1.82, 2.24) is 19.7 Å². The summed E-state index contributed by atoms with van der Waals surface area (Å²) >= 11 is 6.86. The molecule has 1 aromatic carbocycles. The largest absolute Gasteiger partial charge is 0.325 e. The maximum absolute atomic E-state index is 12.6. The zero-order chi connectivity index (χ0) is 18.6. The van der Waals surface area contributed by atoms with Gasteiger partial charge >= 0.3 is 0 Å². The van der Waals surface area contributed by atoms with Crippen LogP contribution < -0.4 is 5.32 Å². The normalized spacial score (nSPS) is 14.5. The molecule has 0 aliphatic carbocycles. The van der Waals surface area contributed by atoms with E-state index in [0.717, 1.165) is 30.2 Å². The van der Waals surface area contributed by atoms with E-state index in [4.69, 9.17) is 12.2 Å². The SMILES string of the molecule is O=C(Cn1c(-c2cccs2)n[nH]c1=S)Nc1cccc(CN2CCCC2)c1. The van der Waals surface area contributed by atoms with Crippen molar-refractivity contribution in [2.45, 2.75) is 25.9 Å². The highest BCUT2D eigenvalue weighted by molar-refractivity contribution is 7.71. The Labute approximate surface area is 166 Å². The van der Waals surface area contributed by atoms with Crippen molar-refractivity contribution >= 4 is 35.1 Å². The summed E-state index contributed by atoms with van der Waals surface area (Å²) in [5.41, 5.74) is 2.03. The number of likely N-dealkylation sites (tertiary alicyclic amines) is 1. The Hall–Kier alpha value is -2.29. The standard InChI is InChI=1S/C19H21N5OS2/c25-17(13-24-18(21-22-19(24)26)16-7-4-10-27-16)20-15-6-3-5-14(11-15)12-23-8-1-2-9-23/h3-7,10-11H,1-2,8-9,12-13H2,(H,20,25)(H,22,26). The van der Waals surface area contributed by atoms with Gasteiger partial charge in [0.2, 0.25) is 5.91 Å². The molecule has 0 radical (unpaired) electrons. The van der Waals surface area contributed by atoms with Gasteiger partial charge in [-0.3, -0.25) is 19.4 Å². The Morgan fingerprint density at radius 3 is 2.89 bits per heavy atom. The summed E-state index contributed by atoms with van der Waals surface area (Å²) < 4.78 is 2.17. The predicted molar refractivity (Wildman–Crippen MR) is 110 cm³/mol. The van der Waals surface area contributed by atoms with Crippen LogP contribution in [0.25, 0.3) is 10.7 Å². The molecular formula is C19H21N5OS2. The summed E-state index contributed by atoms with van der Waals surface area (Å²) in [6.07, 6.45) is 2.54. The Kier molecular flexibility index (Phi) is 5.47. The van der Waals surface area contributed by atoms with Gasteiger partial charge in [-0.25, -0.2) is 0 Å². The topological polar surface area (TPSA) is 66.0 Å². The fraction of sp³-hybridized carbons (Fsp3) is 0.316. The maximum atomic E-state index is 12.6. The van der Waals surface area contributed by atoms with Crippen LogP contribution >= 0.6 is 23.6 Å². The first kappa shape index (κ1) is 18.1. The van der Waals surface area contributed by atoms with Gasteiger partial charge in [-0.1, -0.05) is 18.2 Å². The Morgan fingerprint density at radius 2 is 2.11 bits per heavy atom. The fourth-order valence-electron chi connectivity index (χ4n) is 3.35. The number of hydrogen-bond donors (Lipinski definition) is 2. The van der Waals surface area contributed by atoms with Crippen molar-refractivity contribution in [2.75, 3.05) is 18.4 Å². The van der Waals surface area contributed by atoms with Crippen LogP contribution in [-0.4, -0.2) is 38.7 Å². The van der Waals surface area contributed by atoms with Crippen molar-refractivity contribution in [1.29, 1.82) is 0 Å². The highest BCUT2D eigenvalue weighted by atomic mass is 32.1. The van der Waals surface area contributed by atoms with Crippen LogP contribution in [0.4, 0.5) is 5.69 Å². The first-order chi connectivity index (χ1) is 13.2. The Morgan fingerprint density at radius 1 is 1.26 bits per heavy atom. The number of amides is 1. The summed E-state index contributed by atoms with van der Waals surface area (Å²) in [5, 5.41) is 12.0. The van der Waals surface area contributed by atoms with E-state index in [9.17, 15) is 4.79 Å². The predicted octanol–water partition coefficient (Wildman–Crippen LogP) is 3.90. The quantitative estimate of drug-likeness (QED) is 0.617. The number of benzene rings is 1. The van der Waals surface area contributed by atoms with E-state index in [1.165, 1.54) is 18.4 Å². The molecule has 0 spiro atoms. The number of thiophene rings is 1. The van der Waals surface area contributed by atoms with Crippen LogP contribution in [0.5, 0.6) is 0 Å². The van der Waals surface area contributed by atoms with Crippen LogP contribution in [-0.2, 0) is 17.9 Å². The van der Waals surface area contributed by atoms with Gasteiger partial charge in [-0.15, -0.1) is 11.3 Å². The second kappa shape index (κ2) is 8.16. The number of nitrogens with zero attached hydrogens (tertiary/aromatic N) is 3. The molecule has 1 saturated heterocycles. The molecule has 27 heavy (non-hydrogen) atoms. The van der Waals surface area contributed by atoms with Crippen LogP contribution in [0.3, 0.4) is 0 Å².